The van der Waals surface area contributed by atoms with E-state index in [1.165, 1.54) is 11.8 Å². The van der Waals surface area contributed by atoms with Gasteiger partial charge in [-0.2, -0.15) is 0 Å². The fraction of sp³-hybridized carbons (Fsp3) is 0.333. The summed E-state index contributed by atoms with van der Waals surface area (Å²) in [5.41, 5.74) is 4.49. The van der Waals surface area contributed by atoms with E-state index in [0.29, 0.717) is 28.1 Å². The van der Waals surface area contributed by atoms with Crippen molar-refractivity contribution >= 4 is 40.9 Å². The van der Waals surface area contributed by atoms with Crippen LogP contribution < -0.4 is 10.6 Å². The van der Waals surface area contributed by atoms with Gasteiger partial charge >= 0.3 is 0 Å². The maximum absolute atomic E-state index is 12.6. The topological polar surface area (TPSA) is 88.9 Å². The second kappa shape index (κ2) is 10.9. The Bertz CT molecular complexity index is 1150. The summed E-state index contributed by atoms with van der Waals surface area (Å²) >= 11 is 7.45. The Morgan fingerprint density at radius 2 is 1.79 bits per heavy atom. The number of hydrogen-bond donors (Lipinski definition) is 2. The van der Waals surface area contributed by atoms with Crippen molar-refractivity contribution in [3.63, 3.8) is 0 Å². The third kappa shape index (κ3) is 5.94. The van der Waals surface area contributed by atoms with Crippen LogP contribution in [0, 0.1) is 20.8 Å². The maximum atomic E-state index is 12.6. The van der Waals surface area contributed by atoms with Crippen LogP contribution in [0.1, 0.15) is 52.8 Å². The van der Waals surface area contributed by atoms with Crippen LogP contribution >= 0.6 is 23.4 Å². The van der Waals surface area contributed by atoms with E-state index < -0.39 is 0 Å². The number of carbonyl (C=O) groups is 2. The number of hydrogen-bond acceptors (Lipinski definition) is 5. The maximum Gasteiger partial charge on any atom is 0.253 e. The van der Waals surface area contributed by atoms with Crippen LogP contribution in [0.4, 0.5) is 5.69 Å². The SMILES string of the molecule is CCn1c(SCC(=O)Nc2c(C)cc(C)cc2C)nnc1[C@@H](C)NC(=O)c1ccccc1Cl. The number of anilines is 1. The van der Waals surface area contributed by atoms with Gasteiger partial charge in [0.05, 0.1) is 22.4 Å². The Morgan fingerprint density at radius 1 is 1.12 bits per heavy atom. The number of aromatic nitrogens is 3. The van der Waals surface area contributed by atoms with Crippen molar-refractivity contribution in [2.24, 2.45) is 0 Å². The summed E-state index contributed by atoms with van der Waals surface area (Å²) in [5.74, 6) is 0.426. The average Bonchev–Trinajstić information content (AvgIpc) is 3.18. The molecule has 0 aliphatic carbocycles. The van der Waals surface area contributed by atoms with Crippen LogP contribution in [0.3, 0.4) is 0 Å². The second-order valence-corrected chi connectivity index (χ2v) is 9.22. The first-order valence-electron chi connectivity index (χ1n) is 10.7. The monoisotopic (exact) mass is 485 g/mol. The van der Waals surface area contributed by atoms with E-state index in [4.69, 9.17) is 11.6 Å². The molecule has 33 heavy (non-hydrogen) atoms. The van der Waals surface area contributed by atoms with Crippen molar-refractivity contribution in [3.05, 3.63) is 69.5 Å². The molecule has 0 fully saturated rings. The highest BCUT2D eigenvalue weighted by Crippen LogP contribution is 2.24. The second-order valence-electron chi connectivity index (χ2n) is 7.87. The van der Waals surface area contributed by atoms with Gasteiger partial charge in [-0.05, 0) is 57.9 Å². The van der Waals surface area contributed by atoms with E-state index in [1.807, 2.05) is 51.3 Å². The first-order valence-corrected chi connectivity index (χ1v) is 12.1. The van der Waals surface area contributed by atoms with Crippen LogP contribution in [0.2, 0.25) is 5.02 Å². The number of thioether (sulfide) groups is 1. The zero-order chi connectivity index (χ0) is 24.1. The average molecular weight is 486 g/mol. The zero-order valence-corrected chi connectivity index (χ0v) is 21.0. The van der Waals surface area contributed by atoms with Crippen molar-refractivity contribution in [2.45, 2.75) is 52.4 Å². The Labute approximate surface area is 203 Å². The number of amides is 2. The minimum atomic E-state index is -0.387. The molecule has 1 heterocycles. The Morgan fingerprint density at radius 3 is 2.42 bits per heavy atom. The molecule has 0 radical (unpaired) electrons. The summed E-state index contributed by atoms with van der Waals surface area (Å²) in [6.45, 7) is 10.4. The molecule has 0 aliphatic rings. The van der Waals surface area contributed by atoms with Gasteiger partial charge in [0.25, 0.3) is 5.91 Å². The van der Waals surface area contributed by atoms with Gasteiger partial charge in [0.2, 0.25) is 5.91 Å². The van der Waals surface area contributed by atoms with Crippen molar-refractivity contribution in [3.8, 4) is 0 Å². The molecular weight excluding hydrogens is 458 g/mol. The van der Waals surface area contributed by atoms with Crippen LogP contribution in [0.5, 0.6) is 0 Å². The fourth-order valence-electron chi connectivity index (χ4n) is 3.69. The summed E-state index contributed by atoms with van der Waals surface area (Å²) in [6.07, 6.45) is 0. The number of halogens is 1. The van der Waals surface area contributed by atoms with Gasteiger partial charge in [-0.1, -0.05) is 53.2 Å². The Kier molecular flexibility index (Phi) is 8.15. The molecule has 1 atom stereocenters. The third-order valence-electron chi connectivity index (χ3n) is 5.19. The normalized spacial score (nSPS) is 11.8. The predicted molar refractivity (Wildman–Crippen MR) is 133 cm³/mol. The fourth-order valence-corrected chi connectivity index (χ4v) is 4.72. The highest BCUT2D eigenvalue weighted by molar-refractivity contribution is 7.99. The molecule has 2 amide bonds. The first kappa shape index (κ1) is 24.8. The van der Waals surface area contributed by atoms with Crippen molar-refractivity contribution < 1.29 is 9.59 Å². The largest absolute Gasteiger partial charge is 0.342 e. The summed E-state index contributed by atoms with van der Waals surface area (Å²) < 4.78 is 1.90. The number of nitrogens with one attached hydrogen (secondary N) is 2. The number of aryl methyl sites for hydroxylation is 3. The minimum Gasteiger partial charge on any atom is -0.342 e. The number of nitrogens with zero attached hydrogens (tertiary/aromatic N) is 3. The van der Waals surface area contributed by atoms with Gasteiger partial charge in [-0.15, -0.1) is 10.2 Å². The number of carbonyl (C=O) groups excluding carboxylic acids is 2. The highest BCUT2D eigenvalue weighted by Gasteiger charge is 2.21. The molecule has 0 bridgehead atoms. The molecule has 1 aromatic heterocycles. The first-order chi connectivity index (χ1) is 15.7. The molecular formula is C24H28ClN5O2S. The summed E-state index contributed by atoms with van der Waals surface area (Å²) in [5, 5.41) is 15.5. The quantitative estimate of drug-likeness (QED) is 0.433. The van der Waals surface area contributed by atoms with E-state index in [-0.39, 0.29) is 23.6 Å². The summed E-state index contributed by atoms with van der Waals surface area (Å²) in [7, 11) is 0. The number of rotatable bonds is 8. The van der Waals surface area contributed by atoms with Gasteiger partial charge in [-0.3, -0.25) is 9.59 Å². The lowest BCUT2D eigenvalue weighted by Crippen LogP contribution is -2.29. The lowest BCUT2D eigenvalue weighted by Gasteiger charge is -2.16. The zero-order valence-electron chi connectivity index (χ0n) is 19.4. The molecule has 7 nitrogen and oxygen atoms in total. The van der Waals surface area contributed by atoms with Gasteiger partial charge in [0.15, 0.2) is 11.0 Å². The van der Waals surface area contributed by atoms with E-state index in [1.54, 1.807) is 24.3 Å². The van der Waals surface area contributed by atoms with Gasteiger partial charge in [-0.25, -0.2) is 0 Å². The standard InChI is InChI=1S/C24H28ClN5O2S/c1-6-30-22(17(5)26-23(32)18-9-7-8-10-19(18)25)28-29-24(30)33-13-20(31)27-21-15(3)11-14(2)12-16(21)4/h7-12,17H,6,13H2,1-5H3,(H,26,32)(H,27,31)/t17-/m1/s1. The van der Waals surface area contributed by atoms with E-state index in [2.05, 4.69) is 20.8 Å². The molecule has 0 aliphatic heterocycles. The smallest absolute Gasteiger partial charge is 0.253 e. The van der Waals surface area contributed by atoms with Gasteiger partial charge in [0.1, 0.15) is 0 Å². The van der Waals surface area contributed by atoms with Crippen LogP contribution in [-0.4, -0.2) is 32.3 Å². The molecule has 0 saturated carbocycles. The van der Waals surface area contributed by atoms with E-state index in [9.17, 15) is 9.59 Å². The van der Waals surface area contributed by atoms with Crippen LogP contribution in [-0.2, 0) is 11.3 Å². The van der Waals surface area contributed by atoms with Crippen LogP contribution in [0.25, 0.3) is 0 Å². The summed E-state index contributed by atoms with van der Waals surface area (Å²) in [6, 6.07) is 10.6. The van der Waals surface area contributed by atoms with Crippen molar-refractivity contribution in [2.75, 3.05) is 11.1 Å². The number of benzene rings is 2. The Balaban J connectivity index is 1.66. The lowest BCUT2D eigenvalue weighted by atomic mass is 10.1. The molecule has 3 aromatic rings. The molecule has 174 valence electrons. The van der Waals surface area contributed by atoms with Crippen LogP contribution in [0.15, 0.2) is 41.6 Å². The molecule has 0 unspecified atom stereocenters. The van der Waals surface area contributed by atoms with E-state index >= 15 is 0 Å². The third-order valence-corrected chi connectivity index (χ3v) is 6.49. The van der Waals surface area contributed by atoms with Crippen molar-refractivity contribution in [1.29, 1.82) is 0 Å². The predicted octanol–water partition coefficient (Wildman–Crippen LogP) is 5.10. The molecule has 9 heteroatoms. The van der Waals surface area contributed by atoms with Gasteiger partial charge in [0, 0.05) is 12.2 Å². The molecule has 0 spiro atoms. The molecule has 2 aromatic carbocycles. The van der Waals surface area contributed by atoms with Crippen molar-refractivity contribution in [1.82, 2.24) is 20.1 Å². The van der Waals surface area contributed by atoms with E-state index in [0.717, 1.165) is 22.4 Å². The lowest BCUT2D eigenvalue weighted by molar-refractivity contribution is -0.113. The summed E-state index contributed by atoms with van der Waals surface area (Å²) in [4.78, 5) is 25.2. The Hall–Kier alpha value is -2.84. The van der Waals surface area contributed by atoms with Gasteiger partial charge < -0.3 is 15.2 Å². The molecule has 0 saturated heterocycles. The minimum absolute atomic E-state index is 0.109. The molecule has 3 rings (SSSR count). The molecule has 2 N–H and O–H groups in total. The highest BCUT2D eigenvalue weighted by atomic mass is 35.5.